The number of nitrogens with zero attached hydrogens (tertiary/aromatic N) is 4. The highest BCUT2D eigenvalue weighted by Crippen LogP contribution is 2.34. The Hall–Kier alpha value is -4.35. The number of carbonyl (C=O) groups is 2. The van der Waals surface area contributed by atoms with Crippen LogP contribution in [0.15, 0.2) is 73.3 Å². The van der Waals surface area contributed by atoms with E-state index >= 15 is 0 Å². The Bertz CT molecular complexity index is 1350. The number of benzene rings is 2. The lowest BCUT2D eigenvalue weighted by atomic mass is 10.1. The monoisotopic (exact) mass is 475 g/mol. The van der Waals surface area contributed by atoms with Gasteiger partial charge in [0.05, 0.1) is 17.5 Å². The molecular formula is C24H21N5O6. The summed E-state index contributed by atoms with van der Waals surface area (Å²) in [6.07, 6.45) is -1.80. The molecule has 3 heterocycles. The zero-order chi connectivity index (χ0) is 24.4. The molecule has 1 aliphatic rings. The van der Waals surface area contributed by atoms with E-state index in [0.29, 0.717) is 22.3 Å². The number of aromatic nitrogens is 4. The zero-order valence-electron chi connectivity index (χ0n) is 18.3. The summed E-state index contributed by atoms with van der Waals surface area (Å²) in [5, 5.41) is 11.1. The first-order valence-corrected chi connectivity index (χ1v) is 10.8. The maximum atomic E-state index is 12.7. The third kappa shape index (κ3) is 4.42. The van der Waals surface area contributed by atoms with Crippen LogP contribution in [0.4, 0.5) is 5.82 Å². The number of rotatable bonds is 6. The molecule has 0 bridgehead atoms. The number of carbonyl (C=O) groups excluding carboxylic acids is 2. The van der Waals surface area contributed by atoms with Crippen LogP contribution in [0.5, 0.6) is 0 Å². The molecule has 2 aromatic heterocycles. The van der Waals surface area contributed by atoms with E-state index in [-0.39, 0.29) is 12.4 Å². The van der Waals surface area contributed by atoms with Crippen molar-refractivity contribution in [1.29, 1.82) is 0 Å². The van der Waals surface area contributed by atoms with Crippen LogP contribution in [-0.4, -0.2) is 61.5 Å². The number of nitrogen functional groups attached to an aromatic ring is 1. The van der Waals surface area contributed by atoms with Gasteiger partial charge in [-0.3, -0.25) is 4.57 Å². The Labute approximate surface area is 199 Å². The molecule has 3 N–H and O–H groups in total. The van der Waals surface area contributed by atoms with E-state index in [1.807, 2.05) is 0 Å². The lowest BCUT2D eigenvalue weighted by Crippen LogP contribution is -2.38. The summed E-state index contributed by atoms with van der Waals surface area (Å²) < 4.78 is 18.5. The molecule has 178 valence electrons. The van der Waals surface area contributed by atoms with E-state index in [2.05, 4.69) is 15.0 Å². The molecule has 11 heteroatoms. The number of hydrogen-bond donors (Lipinski definition) is 2. The van der Waals surface area contributed by atoms with Crippen molar-refractivity contribution in [2.24, 2.45) is 0 Å². The van der Waals surface area contributed by atoms with Gasteiger partial charge in [-0.1, -0.05) is 36.4 Å². The molecule has 4 atom stereocenters. The molecule has 1 saturated heterocycles. The van der Waals surface area contributed by atoms with Gasteiger partial charge in [0.25, 0.3) is 0 Å². The number of ether oxygens (including phenoxy) is 3. The number of esters is 2. The van der Waals surface area contributed by atoms with Gasteiger partial charge >= 0.3 is 11.9 Å². The smallest absolute Gasteiger partial charge is 0.338 e. The van der Waals surface area contributed by atoms with Crippen LogP contribution in [0.2, 0.25) is 0 Å². The fourth-order valence-corrected chi connectivity index (χ4v) is 3.87. The molecule has 4 aromatic rings. The van der Waals surface area contributed by atoms with Crippen LogP contribution >= 0.6 is 0 Å². The fraction of sp³-hybridized carbons (Fsp3) is 0.208. The molecule has 1 aliphatic heterocycles. The molecule has 35 heavy (non-hydrogen) atoms. The number of aliphatic hydroxyl groups is 1. The summed E-state index contributed by atoms with van der Waals surface area (Å²) in [5.74, 6) is -1.06. The van der Waals surface area contributed by atoms with Gasteiger partial charge in [-0.05, 0) is 24.3 Å². The number of aliphatic hydroxyl groups excluding tert-OH is 1. The third-order valence-electron chi connectivity index (χ3n) is 5.61. The highest BCUT2D eigenvalue weighted by molar-refractivity contribution is 5.90. The topological polar surface area (TPSA) is 152 Å². The molecule has 2 aromatic carbocycles. The van der Waals surface area contributed by atoms with E-state index in [0.717, 1.165) is 0 Å². The van der Waals surface area contributed by atoms with Crippen LogP contribution in [0.25, 0.3) is 11.2 Å². The minimum Gasteiger partial charge on any atom is -0.459 e. The Balaban J connectivity index is 1.40. The van der Waals surface area contributed by atoms with Crippen molar-refractivity contribution >= 4 is 28.9 Å². The van der Waals surface area contributed by atoms with Crippen molar-refractivity contribution in [3.8, 4) is 0 Å². The number of anilines is 1. The number of hydrogen-bond acceptors (Lipinski definition) is 10. The third-order valence-corrected chi connectivity index (χ3v) is 5.61. The van der Waals surface area contributed by atoms with Crippen molar-refractivity contribution in [3.05, 3.63) is 84.4 Å². The van der Waals surface area contributed by atoms with E-state index in [1.54, 1.807) is 60.7 Å². The first kappa shape index (κ1) is 22.4. The van der Waals surface area contributed by atoms with Gasteiger partial charge in [0, 0.05) is 0 Å². The molecule has 5 rings (SSSR count). The van der Waals surface area contributed by atoms with Gasteiger partial charge in [-0.15, -0.1) is 0 Å². The van der Waals surface area contributed by atoms with Gasteiger partial charge in [0.1, 0.15) is 30.7 Å². The Morgan fingerprint density at radius 2 is 1.63 bits per heavy atom. The minimum atomic E-state index is -1.32. The molecule has 0 amide bonds. The van der Waals surface area contributed by atoms with E-state index < -0.39 is 36.5 Å². The molecular weight excluding hydrogens is 454 g/mol. The Morgan fingerprint density at radius 1 is 0.971 bits per heavy atom. The van der Waals surface area contributed by atoms with Gasteiger partial charge < -0.3 is 25.1 Å². The second-order valence-corrected chi connectivity index (χ2v) is 7.84. The molecule has 0 radical (unpaired) electrons. The highest BCUT2D eigenvalue weighted by Gasteiger charge is 2.48. The summed E-state index contributed by atoms with van der Waals surface area (Å²) in [4.78, 5) is 37.5. The average molecular weight is 475 g/mol. The van der Waals surface area contributed by atoms with E-state index in [9.17, 15) is 14.7 Å². The largest absolute Gasteiger partial charge is 0.459 e. The summed E-state index contributed by atoms with van der Waals surface area (Å²) in [5.41, 5.74) is 7.19. The second-order valence-electron chi connectivity index (χ2n) is 7.84. The molecule has 11 nitrogen and oxygen atoms in total. The quantitative estimate of drug-likeness (QED) is 0.395. The van der Waals surface area contributed by atoms with Crippen molar-refractivity contribution in [1.82, 2.24) is 19.5 Å². The molecule has 1 fully saturated rings. The van der Waals surface area contributed by atoms with Crippen LogP contribution < -0.4 is 5.73 Å². The van der Waals surface area contributed by atoms with Crippen molar-refractivity contribution in [3.63, 3.8) is 0 Å². The standard InChI is InChI=1S/C24H21N5O6/c25-20-17-21(27-12-26-20)29(13-28-17)22-18(30)19(35-24(32)15-9-5-2-6-10-15)16(34-22)11-33-23(31)14-7-3-1-4-8-14/h1-10,12-13,16,18-19,22,30H,11H2,(H2,25,26,27)/t16-,18-,19-,22-/m1/s1. The average Bonchev–Trinajstić information content (AvgIpc) is 3.45. The van der Waals surface area contributed by atoms with Gasteiger partial charge in [-0.2, -0.15) is 0 Å². The van der Waals surface area contributed by atoms with Crippen molar-refractivity contribution in [2.45, 2.75) is 24.5 Å². The summed E-state index contributed by atoms with van der Waals surface area (Å²) in [7, 11) is 0. The molecule has 0 spiro atoms. The van der Waals surface area contributed by atoms with Gasteiger partial charge in [0.2, 0.25) is 0 Å². The fourth-order valence-electron chi connectivity index (χ4n) is 3.87. The van der Waals surface area contributed by atoms with Crippen LogP contribution in [0, 0.1) is 0 Å². The second kappa shape index (κ2) is 9.49. The minimum absolute atomic E-state index is 0.168. The van der Waals surface area contributed by atoms with Crippen LogP contribution in [0.1, 0.15) is 26.9 Å². The number of imidazole rings is 1. The van der Waals surface area contributed by atoms with E-state index in [1.165, 1.54) is 17.2 Å². The first-order valence-electron chi connectivity index (χ1n) is 10.8. The molecule has 0 aliphatic carbocycles. The maximum Gasteiger partial charge on any atom is 0.338 e. The van der Waals surface area contributed by atoms with E-state index in [4.69, 9.17) is 19.9 Å². The predicted octanol–water partition coefficient (Wildman–Crippen LogP) is 1.75. The van der Waals surface area contributed by atoms with Crippen molar-refractivity contribution < 1.29 is 28.9 Å². The normalized spacial score (nSPS) is 21.6. The summed E-state index contributed by atoms with van der Waals surface area (Å²) >= 11 is 0. The van der Waals surface area contributed by atoms with Gasteiger partial charge in [0.15, 0.2) is 23.8 Å². The zero-order valence-corrected chi connectivity index (χ0v) is 18.3. The number of nitrogens with two attached hydrogens (primary N) is 1. The number of fused-ring (bicyclic) bond motifs is 1. The molecule has 0 unspecified atom stereocenters. The Morgan fingerprint density at radius 3 is 2.31 bits per heavy atom. The summed E-state index contributed by atoms with van der Waals surface area (Å²) in [6.45, 7) is -0.266. The van der Waals surface area contributed by atoms with Gasteiger partial charge in [-0.25, -0.2) is 24.5 Å². The SMILES string of the molecule is Nc1ncnc2c1ncn2[C@@H]1O[C@H](COC(=O)c2ccccc2)[C@@H](OC(=O)c2ccccc2)[C@H]1O. The predicted molar refractivity (Wildman–Crippen MR) is 122 cm³/mol. The van der Waals surface area contributed by atoms with Crippen LogP contribution in [-0.2, 0) is 14.2 Å². The first-order chi connectivity index (χ1) is 17.0. The maximum absolute atomic E-state index is 12.7. The van der Waals surface area contributed by atoms with Crippen molar-refractivity contribution in [2.75, 3.05) is 12.3 Å². The lowest BCUT2D eigenvalue weighted by Gasteiger charge is -2.20. The molecule has 0 saturated carbocycles. The lowest BCUT2D eigenvalue weighted by molar-refractivity contribution is -0.0585. The Kier molecular flexibility index (Phi) is 6.08. The summed E-state index contributed by atoms with van der Waals surface area (Å²) in [6, 6.07) is 16.8. The highest BCUT2D eigenvalue weighted by atomic mass is 16.6. The van der Waals surface area contributed by atoms with Crippen LogP contribution in [0.3, 0.4) is 0 Å².